The second-order valence-corrected chi connectivity index (χ2v) is 7.85. The second-order valence-electron chi connectivity index (χ2n) is 7.85. The highest BCUT2D eigenvalue weighted by atomic mass is 16.4. The van der Waals surface area contributed by atoms with E-state index in [0.717, 1.165) is 25.7 Å². The minimum absolute atomic E-state index is 0.0769. The monoisotopic (exact) mass is 414 g/mol. The van der Waals surface area contributed by atoms with Crippen molar-refractivity contribution in [1.82, 2.24) is 0 Å². The minimum Gasteiger partial charge on any atom is -0.481 e. The fraction of sp³-hybridized carbons (Fsp3) is 0.773. The topological polar surface area (TPSA) is 112 Å². The number of nitrogens with zero attached hydrogens (tertiary/aromatic N) is 1. The van der Waals surface area contributed by atoms with Crippen molar-refractivity contribution in [3.63, 3.8) is 0 Å². The molecule has 0 saturated heterocycles. The number of carbonyl (C=O) groups is 3. The lowest BCUT2D eigenvalue weighted by molar-refractivity contribution is -0.927. The summed E-state index contributed by atoms with van der Waals surface area (Å²) in [7, 11) is 0. The van der Waals surface area contributed by atoms with Gasteiger partial charge < -0.3 is 19.8 Å². The SMILES string of the molecule is C/C=C/CCCCCCCCCC[N+](CCC(=O)O)(CCC(=O)O)CCC(=O)O. The zero-order chi connectivity index (χ0) is 22.0. The Hall–Kier alpha value is -1.89. The van der Waals surface area contributed by atoms with Crippen molar-refractivity contribution in [2.75, 3.05) is 26.2 Å². The van der Waals surface area contributed by atoms with E-state index in [1.165, 1.54) is 32.1 Å². The summed E-state index contributed by atoms with van der Waals surface area (Å²) in [5, 5.41) is 27.1. The molecule has 0 aliphatic carbocycles. The van der Waals surface area contributed by atoms with E-state index in [4.69, 9.17) is 15.3 Å². The number of hydrogen-bond donors (Lipinski definition) is 3. The van der Waals surface area contributed by atoms with Crippen LogP contribution < -0.4 is 0 Å². The first kappa shape index (κ1) is 27.1. The van der Waals surface area contributed by atoms with E-state index in [0.29, 0.717) is 6.54 Å². The van der Waals surface area contributed by atoms with Gasteiger partial charge in [0.25, 0.3) is 0 Å². The molecule has 0 spiro atoms. The molecule has 3 N–H and O–H groups in total. The molecular weight excluding hydrogens is 374 g/mol. The number of aliphatic carboxylic acids is 3. The van der Waals surface area contributed by atoms with Crippen LogP contribution in [0.2, 0.25) is 0 Å². The van der Waals surface area contributed by atoms with Gasteiger partial charge in [0, 0.05) is 0 Å². The number of hydrogen-bond acceptors (Lipinski definition) is 3. The first-order valence-corrected chi connectivity index (χ1v) is 10.9. The van der Waals surface area contributed by atoms with Gasteiger partial charge in [-0.1, -0.05) is 44.3 Å². The van der Waals surface area contributed by atoms with E-state index in [2.05, 4.69) is 12.2 Å². The van der Waals surface area contributed by atoms with Crippen molar-refractivity contribution in [3.05, 3.63) is 12.2 Å². The minimum atomic E-state index is -0.937. The number of rotatable bonds is 20. The summed E-state index contributed by atoms with van der Waals surface area (Å²) in [4.78, 5) is 33.1. The van der Waals surface area contributed by atoms with Crippen LogP contribution in [0.15, 0.2) is 12.2 Å². The van der Waals surface area contributed by atoms with Crippen LogP contribution >= 0.6 is 0 Å². The van der Waals surface area contributed by atoms with Crippen LogP contribution in [0, 0.1) is 0 Å². The number of quaternary nitrogens is 1. The molecule has 0 radical (unpaired) electrons. The molecule has 29 heavy (non-hydrogen) atoms. The number of carboxylic acid groups (broad SMARTS) is 3. The lowest BCUT2D eigenvalue weighted by Gasteiger charge is -2.38. The molecule has 7 nitrogen and oxygen atoms in total. The Labute approximate surface area is 175 Å². The average Bonchev–Trinajstić information content (AvgIpc) is 2.66. The summed E-state index contributed by atoms with van der Waals surface area (Å²) < 4.78 is 0.260. The molecule has 0 aliphatic heterocycles. The molecule has 0 unspecified atom stereocenters. The van der Waals surface area contributed by atoms with Crippen LogP contribution in [-0.2, 0) is 14.4 Å². The van der Waals surface area contributed by atoms with Crippen molar-refractivity contribution in [2.24, 2.45) is 0 Å². The second kappa shape index (κ2) is 17.0. The van der Waals surface area contributed by atoms with E-state index >= 15 is 0 Å². The Kier molecular flexibility index (Phi) is 15.9. The molecule has 0 aromatic carbocycles. The predicted molar refractivity (Wildman–Crippen MR) is 113 cm³/mol. The maximum Gasteiger partial charge on any atom is 0.309 e. The third kappa shape index (κ3) is 16.7. The fourth-order valence-electron chi connectivity index (χ4n) is 3.61. The first-order chi connectivity index (χ1) is 13.8. The van der Waals surface area contributed by atoms with Gasteiger partial charge in [0.15, 0.2) is 0 Å². The van der Waals surface area contributed by atoms with E-state index in [1.807, 2.05) is 6.92 Å². The van der Waals surface area contributed by atoms with Gasteiger partial charge in [-0.2, -0.15) is 0 Å². The van der Waals surface area contributed by atoms with Gasteiger partial charge in [0.05, 0.1) is 45.4 Å². The van der Waals surface area contributed by atoms with E-state index in [1.54, 1.807) is 0 Å². The summed E-state index contributed by atoms with van der Waals surface area (Å²) in [5.41, 5.74) is 0. The number of carboxylic acids is 3. The van der Waals surface area contributed by atoms with Crippen molar-refractivity contribution >= 4 is 17.9 Å². The molecule has 0 amide bonds. The van der Waals surface area contributed by atoms with Crippen LogP contribution in [0.25, 0.3) is 0 Å². The summed E-state index contributed by atoms with van der Waals surface area (Å²) in [6.45, 7) is 3.52. The maximum absolute atomic E-state index is 11.0. The molecule has 0 heterocycles. The highest BCUT2D eigenvalue weighted by Gasteiger charge is 2.29. The van der Waals surface area contributed by atoms with Crippen LogP contribution in [0.4, 0.5) is 0 Å². The molecule has 0 aromatic rings. The normalized spacial score (nSPS) is 11.8. The summed E-state index contributed by atoms with van der Waals surface area (Å²) in [6.07, 6.45) is 14.3. The molecule has 0 bridgehead atoms. The van der Waals surface area contributed by atoms with Crippen LogP contribution in [0.5, 0.6) is 0 Å². The molecule has 7 heteroatoms. The van der Waals surface area contributed by atoms with Crippen molar-refractivity contribution in [3.8, 4) is 0 Å². The summed E-state index contributed by atoms with van der Waals surface area (Å²) in [6, 6.07) is 0. The summed E-state index contributed by atoms with van der Waals surface area (Å²) in [5.74, 6) is -2.81. The summed E-state index contributed by atoms with van der Waals surface area (Å²) >= 11 is 0. The first-order valence-electron chi connectivity index (χ1n) is 10.9. The highest BCUT2D eigenvalue weighted by Crippen LogP contribution is 2.17. The molecule has 0 aliphatic rings. The van der Waals surface area contributed by atoms with Gasteiger partial charge in [-0.3, -0.25) is 14.4 Å². The van der Waals surface area contributed by atoms with Crippen molar-refractivity contribution in [2.45, 2.75) is 84.0 Å². The smallest absolute Gasteiger partial charge is 0.309 e. The van der Waals surface area contributed by atoms with E-state index < -0.39 is 17.9 Å². The standard InChI is InChI=1S/C22H39NO6/c1-2-3-4-5-6-7-8-9-10-11-12-16-23(17-13-20(24)25,18-14-21(26)27)19-15-22(28)29/h2-3H,4-19H2,1H3,(H2-,24,25,26,27,28,29)/p+1/b3-2+. The molecule has 0 rings (SSSR count). The zero-order valence-corrected chi connectivity index (χ0v) is 18.0. The lowest BCUT2D eigenvalue weighted by atomic mass is 10.1. The van der Waals surface area contributed by atoms with E-state index in [-0.39, 0.29) is 43.4 Å². The Morgan fingerprint density at radius 3 is 1.38 bits per heavy atom. The van der Waals surface area contributed by atoms with Gasteiger partial charge in [0.1, 0.15) is 0 Å². The third-order valence-corrected chi connectivity index (χ3v) is 5.39. The third-order valence-electron chi connectivity index (χ3n) is 5.39. The molecular formula is C22H40NO6+. The van der Waals surface area contributed by atoms with E-state index in [9.17, 15) is 14.4 Å². The maximum atomic E-state index is 11.0. The Morgan fingerprint density at radius 1 is 0.621 bits per heavy atom. The quantitative estimate of drug-likeness (QED) is 0.155. The Morgan fingerprint density at radius 2 is 1.00 bits per heavy atom. The van der Waals surface area contributed by atoms with Gasteiger partial charge in [-0.15, -0.1) is 0 Å². The van der Waals surface area contributed by atoms with Gasteiger partial charge in [-0.25, -0.2) is 0 Å². The van der Waals surface area contributed by atoms with Crippen molar-refractivity contribution < 1.29 is 34.2 Å². The molecule has 168 valence electrons. The highest BCUT2D eigenvalue weighted by molar-refractivity contribution is 5.67. The largest absolute Gasteiger partial charge is 0.481 e. The van der Waals surface area contributed by atoms with Crippen LogP contribution in [-0.4, -0.2) is 63.9 Å². The van der Waals surface area contributed by atoms with Crippen LogP contribution in [0.1, 0.15) is 84.0 Å². The van der Waals surface area contributed by atoms with Crippen LogP contribution in [0.3, 0.4) is 0 Å². The van der Waals surface area contributed by atoms with Gasteiger partial charge >= 0.3 is 17.9 Å². The zero-order valence-electron chi connectivity index (χ0n) is 18.0. The van der Waals surface area contributed by atoms with Gasteiger partial charge in [0.2, 0.25) is 0 Å². The average molecular weight is 415 g/mol. The Bertz CT molecular complexity index is 458. The fourth-order valence-corrected chi connectivity index (χ4v) is 3.61. The molecule has 0 fully saturated rings. The number of allylic oxidation sites excluding steroid dienone is 2. The Balaban J connectivity index is 4.39. The molecule has 0 atom stereocenters. The lowest BCUT2D eigenvalue weighted by Crippen LogP contribution is -2.52. The molecule has 0 saturated carbocycles. The van der Waals surface area contributed by atoms with Gasteiger partial charge in [-0.05, 0) is 32.6 Å². The number of unbranched alkanes of at least 4 members (excludes halogenated alkanes) is 8. The molecule has 0 aromatic heterocycles. The van der Waals surface area contributed by atoms with Crippen molar-refractivity contribution in [1.29, 1.82) is 0 Å². The predicted octanol–water partition coefficient (Wildman–Crippen LogP) is 4.31.